The Balaban J connectivity index is 2.01. The molecule has 0 saturated heterocycles. The molecule has 0 N–H and O–H groups in total. The van der Waals surface area contributed by atoms with Gasteiger partial charge < -0.3 is 9.47 Å². The molecule has 7 heteroatoms. The van der Waals surface area contributed by atoms with E-state index in [0.29, 0.717) is 28.6 Å². The number of carbonyl (C=O) groups excluding carboxylic acids is 2. The van der Waals surface area contributed by atoms with Gasteiger partial charge in [-0.1, -0.05) is 24.7 Å². The second-order valence-corrected chi connectivity index (χ2v) is 10.8. The molecule has 1 radical (unpaired) electrons. The fourth-order valence-electron chi connectivity index (χ4n) is 3.36. The minimum atomic E-state index is -0.446. The quantitative estimate of drug-likeness (QED) is 0.375. The molecule has 0 unspecified atom stereocenters. The lowest BCUT2D eigenvalue weighted by molar-refractivity contribution is -0.142. The van der Waals surface area contributed by atoms with Crippen LogP contribution in [0.15, 0.2) is 42.5 Å². The molecule has 2 aromatic carbocycles. The van der Waals surface area contributed by atoms with E-state index in [1.54, 1.807) is 35.9 Å². The molecule has 0 spiro atoms. The minimum absolute atomic E-state index is 0.103. The first-order valence-electron chi connectivity index (χ1n) is 9.74. The van der Waals surface area contributed by atoms with Crippen LogP contribution in [0.3, 0.4) is 0 Å². The highest BCUT2D eigenvalue weighted by molar-refractivity contribution is 6.55. The van der Waals surface area contributed by atoms with Crippen LogP contribution < -0.4 is 4.74 Å². The maximum absolute atomic E-state index is 13.3. The summed E-state index contributed by atoms with van der Waals surface area (Å²) in [6, 6.07) is 13.2. The van der Waals surface area contributed by atoms with Crippen molar-refractivity contribution in [2.45, 2.75) is 32.5 Å². The van der Waals surface area contributed by atoms with Crippen LogP contribution in [0.2, 0.25) is 24.2 Å². The summed E-state index contributed by atoms with van der Waals surface area (Å²) < 4.78 is 12.4. The zero-order chi connectivity index (χ0) is 21.8. The Morgan fingerprint density at radius 2 is 1.80 bits per heavy atom. The zero-order valence-electron chi connectivity index (χ0n) is 17.6. The van der Waals surface area contributed by atoms with Crippen LogP contribution in [0.1, 0.15) is 21.6 Å². The number of halogens is 1. The Morgan fingerprint density at radius 3 is 2.43 bits per heavy atom. The van der Waals surface area contributed by atoms with Gasteiger partial charge in [0.25, 0.3) is 5.91 Å². The van der Waals surface area contributed by atoms with Crippen molar-refractivity contribution >= 4 is 43.2 Å². The molecule has 0 bridgehead atoms. The maximum atomic E-state index is 13.3. The van der Waals surface area contributed by atoms with Gasteiger partial charge in [0.1, 0.15) is 5.75 Å². The molecule has 30 heavy (non-hydrogen) atoms. The van der Waals surface area contributed by atoms with Crippen molar-refractivity contribution in [2.24, 2.45) is 0 Å². The second kappa shape index (κ2) is 9.49. The lowest BCUT2D eigenvalue weighted by Crippen LogP contribution is -2.15. The van der Waals surface area contributed by atoms with Crippen molar-refractivity contribution in [3.63, 3.8) is 0 Å². The lowest BCUT2D eigenvalue weighted by atomic mass is 10.1. The van der Waals surface area contributed by atoms with Crippen LogP contribution in [0.4, 0.5) is 0 Å². The Labute approximate surface area is 183 Å². The summed E-state index contributed by atoms with van der Waals surface area (Å²) in [6.07, 6.45) is 0.103. The third-order valence-electron chi connectivity index (χ3n) is 5.02. The van der Waals surface area contributed by atoms with E-state index < -0.39 is 8.80 Å². The SMILES string of the molecule is COc1ccc2c(c1)c(CC(=O)OCC[Si](C)C)c(C)n2C(=O)c1ccc(Cl)cc1. The van der Waals surface area contributed by atoms with Crippen LogP contribution in [-0.2, 0) is 16.0 Å². The largest absolute Gasteiger partial charge is 0.497 e. The predicted molar refractivity (Wildman–Crippen MR) is 121 cm³/mol. The van der Waals surface area contributed by atoms with Crippen molar-refractivity contribution in [2.75, 3.05) is 13.7 Å². The van der Waals surface area contributed by atoms with Crippen LogP contribution in [-0.4, -0.2) is 39.0 Å². The molecular weight excluding hydrogens is 418 g/mol. The first kappa shape index (κ1) is 22.1. The van der Waals surface area contributed by atoms with Gasteiger partial charge >= 0.3 is 5.97 Å². The van der Waals surface area contributed by atoms with Crippen molar-refractivity contribution in [1.29, 1.82) is 0 Å². The van der Waals surface area contributed by atoms with Gasteiger partial charge in [0, 0.05) is 30.5 Å². The Morgan fingerprint density at radius 1 is 1.10 bits per heavy atom. The fraction of sp³-hybridized carbons (Fsp3) is 0.304. The van der Waals surface area contributed by atoms with E-state index in [0.717, 1.165) is 22.5 Å². The van der Waals surface area contributed by atoms with Crippen molar-refractivity contribution in [1.82, 2.24) is 4.57 Å². The van der Waals surface area contributed by atoms with Gasteiger partial charge in [-0.2, -0.15) is 0 Å². The van der Waals surface area contributed by atoms with Gasteiger partial charge in [0.2, 0.25) is 0 Å². The van der Waals surface area contributed by atoms with Gasteiger partial charge in [-0.05, 0) is 61.0 Å². The molecule has 5 nitrogen and oxygen atoms in total. The van der Waals surface area contributed by atoms with Crippen LogP contribution in [0.5, 0.6) is 5.75 Å². The van der Waals surface area contributed by atoms with E-state index in [1.807, 2.05) is 25.1 Å². The molecule has 0 aliphatic heterocycles. The number of methoxy groups -OCH3 is 1. The maximum Gasteiger partial charge on any atom is 0.310 e. The van der Waals surface area contributed by atoms with E-state index in [9.17, 15) is 9.59 Å². The van der Waals surface area contributed by atoms with E-state index in [1.165, 1.54) is 0 Å². The first-order valence-corrected chi connectivity index (χ1v) is 12.8. The van der Waals surface area contributed by atoms with Gasteiger partial charge in [-0.15, -0.1) is 0 Å². The van der Waals surface area contributed by atoms with Crippen molar-refractivity contribution in [3.8, 4) is 5.75 Å². The predicted octanol–water partition coefficient (Wildman–Crippen LogP) is 5.14. The second-order valence-electron chi connectivity index (χ2n) is 7.45. The number of rotatable bonds is 7. The van der Waals surface area contributed by atoms with Crippen LogP contribution in [0.25, 0.3) is 10.9 Å². The average Bonchev–Trinajstić information content (AvgIpc) is 2.98. The first-order chi connectivity index (χ1) is 14.3. The number of fused-ring (bicyclic) bond motifs is 1. The minimum Gasteiger partial charge on any atom is -0.497 e. The van der Waals surface area contributed by atoms with Gasteiger partial charge in [-0.25, -0.2) is 0 Å². The number of carbonyl (C=O) groups is 2. The highest BCUT2D eigenvalue weighted by atomic mass is 35.5. The molecule has 0 aliphatic carbocycles. The van der Waals surface area contributed by atoms with E-state index in [-0.39, 0.29) is 18.3 Å². The van der Waals surface area contributed by atoms with Gasteiger partial charge in [-0.3, -0.25) is 14.2 Å². The smallest absolute Gasteiger partial charge is 0.310 e. The summed E-state index contributed by atoms with van der Waals surface area (Å²) in [7, 11) is 1.14. The van der Waals surface area contributed by atoms with E-state index in [2.05, 4.69) is 13.1 Å². The third-order valence-corrected chi connectivity index (χ3v) is 6.48. The summed E-state index contributed by atoms with van der Waals surface area (Å²) in [5.74, 6) is 0.197. The molecule has 0 amide bonds. The number of benzene rings is 2. The molecule has 3 rings (SSSR count). The zero-order valence-corrected chi connectivity index (χ0v) is 19.4. The molecular formula is C23H25ClNO4Si. The van der Waals surface area contributed by atoms with Crippen molar-refractivity contribution in [3.05, 3.63) is 64.3 Å². The Hall–Kier alpha value is -2.57. The van der Waals surface area contributed by atoms with Gasteiger partial charge in [0.15, 0.2) is 0 Å². The van der Waals surface area contributed by atoms with Gasteiger partial charge in [0.05, 0.1) is 25.7 Å². The Bertz CT molecular complexity index is 1070. The standard InChI is InChI=1S/C23H25ClNO4Si/c1-15-19(14-22(26)29-11-12-30(3)4)20-13-18(28-2)9-10-21(20)25(15)23(27)16-5-7-17(24)8-6-16/h5-10,13H,11-12,14H2,1-4H3. The summed E-state index contributed by atoms with van der Waals surface area (Å²) in [5, 5.41) is 1.37. The highest BCUT2D eigenvalue weighted by Crippen LogP contribution is 2.31. The molecule has 0 atom stereocenters. The third kappa shape index (κ3) is 4.76. The molecule has 157 valence electrons. The molecule has 0 fully saturated rings. The Kier molecular flexibility index (Phi) is 7.00. The number of esters is 1. The summed E-state index contributed by atoms with van der Waals surface area (Å²) in [4.78, 5) is 25.7. The summed E-state index contributed by atoms with van der Waals surface area (Å²) >= 11 is 5.96. The molecule has 1 heterocycles. The number of nitrogens with zero attached hydrogens (tertiary/aromatic N) is 1. The molecule has 1 aromatic heterocycles. The average molecular weight is 443 g/mol. The van der Waals surface area contributed by atoms with Crippen LogP contribution >= 0.6 is 11.6 Å². The van der Waals surface area contributed by atoms with Crippen LogP contribution in [0, 0.1) is 6.92 Å². The normalized spacial score (nSPS) is 11.1. The van der Waals surface area contributed by atoms with Crippen molar-refractivity contribution < 1.29 is 19.1 Å². The lowest BCUT2D eigenvalue weighted by Gasteiger charge is -2.08. The molecule has 0 aliphatic rings. The van der Waals surface area contributed by atoms with E-state index >= 15 is 0 Å². The molecule has 0 saturated carbocycles. The number of aromatic nitrogens is 1. The number of hydrogen-bond donors (Lipinski definition) is 0. The summed E-state index contributed by atoms with van der Waals surface area (Å²) in [6.45, 7) is 6.66. The fourth-order valence-corrected chi connectivity index (χ4v) is 4.00. The topological polar surface area (TPSA) is 57.5 Å². The number of hydrogen-bond acceptors (Lipinski definition) is 4. The molecule has 3 aromatic rings. The number of ether oxygens (including phenoxy) is 2. The highest BCUT2D eigenvalue weighted by Gasteiger charge is 2.22. The summed E-state index contributed by atoms with van der Waals surface area (Å²) in [5.41, 5.74) is 2.73. The monoisotopic (exact) mass is 442 g/mol. The van der Waals surface area contributed by atoms with E-state index in [4.69, 9.17) is 21.1 Å².